The minimum absolute atomic E-state index is 0.0268. The molecule has 3 aromatic rings. The normalized spacial score (nSPS) is 12.6. The largest absolute Gasteiger partial charge is 0.497 e. The number of hydrogen-bond acceptors (Lipinski definition) is 4. The number of para-hydroxylation sites is 2. The van der Waals surface area contributed by atoms with Crippen LogP contribution in [0.5, 0.6) is 11.5 Å². The zero-order chi connectivity index (χ0) is 19.8. The number of methoxy groups -OCH3 is 1. The fourth-order valence-corrected chi connectivity index (χ4v) is 2.83. The summed E-state index contributed by atoms with van der Waals surface area (Å²) in [5.41, 5.74) is 2.05. The molecule has 0 bridgehead atoms. The van der Waals surface area contributed by atoms with Crippen LogP contribution in [0.3, 0.4) is 0 Å². The molecule has 7 heteroatoms. The van der Waals surface area contributed by atoms with E-state index in [0.717, 1.165) is 47.3 Å². The summed E-state index contributed by atoms with van der Waals surface area (Å²) in [4.78, 5) is 12.2. The molecule has 1 atom stereocenters. The second-order valence-corrected chi connectivity index (χ2v) is 6.44. The molecular formula is C21H27N5O2. The molecule has 1 heterocycles. The van der Waals surface area contributed by atoms with Crippen LogP contribution in [0.15, 0.2) is 53.5 Å². The van der Waals surface area contributed by atoms with E-state index in [-0.39, 0.29) is 6.10 Å². The second-order valence-electron chi connectivity index (χ2n) is 6.44. The molecule has 3 rings (SSSR count). The zero-order valence-corrected chi connectivity index (χ0v) is 16.5. The smallest absolute Gasteiger partial charge is 0.191 e. The van der Waals surface area contributed by atoms with Crippen LogP contribution in [0.1, 0.15) is 12.7 Å². The summed E-state index contributed by atoms with van der Waals surface area (Å²) in [5, 5.41) is 6.59. The maximum Gasteiger partial charge on any atom is 0.191 e. The summed E-state index contributed by atoms with van der Waals surface area (Å²) in [5.74, 6) is 3.25. The van der Waals surface area contributed by atoms with Gasteiger partial charge in [-0.25, -0.2) is 4.98 Å². The molecule has 0 aliphatic carbocycles. The molecule has 0 radical (unpaired) electrons. The van der Waals surface area contributed by atoms with Crippen molar-refractivity contribution in [3.8, 4) is 11.5 Å². The number of aromatic nitrogens is 2. The fourth-order valence-electron chi connectivity index (χ4n) is 2.83. The molecule has 0 amide bonds. The first kappa shape index (κ1) is 19.5. The fraction of sp³-hybridized carbons (Fsp3) is 0.333. The predicted molar refractivity (Wildman–Crippen MR) is 112 cm³/mol. The van der Waals surface area contributed by atoms with E-state index in [9.17, 15) is 0 Å². The number of ether oxygens (including phenoxy) is 2. The quantitative estimate of drug-likeness (QED) is 0.413. The van der Waals surface area contributed by atoms with Crippen LogP contribution >= 0.6 is 0 Å². The minimum Gasteiger partial charge on any atom is -0.497 e. The van der Waals surface area contributed by atoms with Crippen molar-refractivity contribution in [2.24, 2.45) is 4.99 Å². The first-order chi connectivity index (χ1) is 13.7. The van der Waals surface area contributed by atoms with Gasteiger partial charge in [-0.2, -0.15) is 0 Å². The standard InChI is InChI=1S/C21H27N5O2/c1-15(28-17-8-6-7-16(13-17)27-3)14-24-21(22-2)23-12-11-20-25-18-9-4-5-10-19(18)26-20/h4-10,13,15H,11-12,14H2,1-3H3,(H,25,26)(H2,22,23,24). The molecule has 0 aliphatic heterocycles. The lowest BCUT2D eigenvalue weighted by atomic mass is 10.3. The average Bonchev–Trinajstić information content (AvgIpc) is 3.13. The molecule has 3 N–H and O–H groups in total. The number of fused-ring (bicyclic) bond motifs is 1. The van der Waals surface area contributed by atoms with Crippen molar-refractivity contribution in [3.05, 3.63) is 54.4 Å². The second kappa shape index (κ2) is 9.64. The SMILES string of the molecule is CN=C(NCCc1nc2ccccc2[nH]1)NCC(C)Oc1cccc(OC)c1. The van der Waals surface area contributed by atoms with Gasteiger partial charge in [0.25, 0.3) is 0 Å². The highest BCUT2D eigenvalue weighted by Crippen LogP contribution is 2.19. The van der Waals surface area contributed by atoms with E-state index in [4.69, 9.17) is 9.47 Å². The Hall–Kier alpha value is -3.22. The van der Waals surface area contributed by atoms with Crippen molar-refractivity contribution >= 4 is 17.0 Å². The first-order valence-electron chi connectivity index (χ1n) is 9.37. The number of benzene rings is 2. The van der Waals surface area contributed by atoms with Gasteiger partial charge < -0.3 is 25.1 Å². The lowest BCUT2D eigenvalue weighted by Crippen LogP contribution is -2.42. The minimum atomic E-state index is -0.0268. The molecule has 0 fully saturated rings. The van der Waals surface area contributed by atoms with E-state index in [1.807, 2.05) is 55.5 Å². The Morgan fingerprint density at radius 1 is 1.14 bits per heavy atom. The molecule has 28 heavy (non-hydrogen) atoms. The van der Waals surface area contributed by atoms with Crippen LogP contribution in [0, 0.1) is 0 Å². The topological polar surface area (TPSA) is 83.6 Å². The molecule has 7 nitrogen and oxygen atoms in total. The third kappa shape index (κ3) is 5.39. The van der Waals surface area contributed by atoms with Gasteiger partial charge in [-0.1, -0.05) is 18.2 Å². The highest BCUT2D eigenvalue weighted by molar-refractivity contribution is 5.79. The highest BCUT2D eigenvalue weighted by Gasteiger charge is 2.07. The zero-order valence-electron chi connectivity index (χ0n) is 16.5. The highest BCUT2D eigenvalue weighted by atomic mass is 16.5. The summed E-state index contributed by atoms with van der Waals surface area (Å²) >= 11 is 0. The molecule has 0 saturated heterocycles. The van der Waals surface area contributed by atoms with Crippen LogP contribution in [0.4, 0.5) is 0 Å². The van der Waals surface area contributed by atoms with E-state index in [2.05, 4.69) is 25.6 Å². The van der Waals surface area contributed by atoms with Gasteiger partial charge in [0, 0.05) is 26.1 Å². The van der Waals surface area contributed by atoms with Crippen LogP contribution in [-0.4, -0.2) is 49.3 Å². The first-order valence-corrected chi connectivity index (χ1v) is 9.37. The van der Waals surface area contributed by atoms with E-state index < -0.39 is 0 Å². The number of H-pyrrole nitrogens is 1. The van der Waals surface area contributed by atoms with Gasteiger partial charge >= 0.3 is 0 Å². The van der Waals surface area contributed by atoms with Crippen molar-refractivity contribution in [2.75, 3.05) is 27.2 Å². The van der Waals surface area contributed by atoms with E-state index in [0.29, 0.717) is 6.54 Å². The van der Waals surface area contributed by atoms with Crippen LogP contribution in [-0.2, 0) is 6.42 Å². The third-order valence-electron chi connectivity index (χ3n) is 4.25. The van der Waals surface area contributed by atoms with Crippen LogP contribution in [0.25, 0.3) is 11.0 Å². The Kier molecular flexibility index (Phi) is 6.73. The van der Waals surface area contributed by atoms with Crippen molar-refractivity contribution < 1.29 is 9.47 Å². The van der Waals surface area contributed by atoms with Crippen molar-refractivity contribution in [3.63, 3.8) is 0 Å². The molecule has 2 aromatic carbocycles. The Balaban J connectivity index is 1.42. The van der Waals surface area contributed by atoms with Crippen molar-refractivity contribution in [2.45, 2.75) is 19.4 Å². The maximum absolute atomic E-state index is 5.92. The van der Waals surface area contributed by atoms with Crippen LogP contribution in [0.2, 0.25) is 0 Å². The molecule has 0 spiro atoms. The van der Waals surface area contributed by atoms with Gasteiger partial charge in [-0.15, -0.1) is 0 Å². The van der Waals surface area contributed by atoms with E-state index in [1.165, 1.54) is 0 Å². The molecular weight excluding hydrogens is 354 g/mol. The number of imidazole rings is 1. The maximum atomic E-state index is 5.92. The van der Waals surface area contributed by atoms with E-state index >= 15 is 0 Å². The number of nitrogens with one attached hydrogen (secondary N) is 3. The Morgan fingerprint density at radius 3 is 2.75 bits per heavy atom. The van der Waals surface area contributed by atoms with Crippen molar-refractivity contribution in [1.82, 2.24) is 20.6 Å². The summed E-state index contributed by atoms with van der Waals surface area (Å²) < 4.78 is 11.1. The van der Waals surface area contributed by atoms with Gasteiger partial charge in [0.2, 0.25) is 0 Å². The molecule has 0 aliphatic rings. The summed E-state index contributed by atoms with van der Waals surface area (Å²) in [6, 6.07) is 15.6. The number of aromatic amines is 1. The third-order valence-corrected chi connectivity index (χ3v) is 4.25. The Bertz CT molecular complexity index is 889. The number of rotatable bonds is 8. The molecule has 1 aromatic heterocycles. The summed E-state index contributed by atoms with van der Waals surface area (Å²) in [6.45, 7) is 3.36. The summed E-state index contributed by atoms with van der Waals surface area (Å²) in [7, 11) is 3.40. The Labute approximate surface area is 165 Å². The van der Waals surface area contributed by atoms with Gasteiger partial charge in [-0.05, 0) is 31.2 Å². The van der Waals surface area contributed by atoms with Gasteiger partial charge in [0.05, 0.1) is 24.7 Å². The number of nitrogens with zero attached hydrogens (tertiary/aromatic N) is 2. The average molecular weight is 381 g/mol. The number of guanidine groups is 1. The van der Waals surface area contributed by atoms with Crippen LogP contribution < -0.4 is 20.1 Å². The molecule has 1 unspecified atom stereocenters. The molecule has 148 valence electrons. The number of aliphatic imine (C=N–C) groups is 1. The summed E-state index contributed by atoms with van der Waals surface area (Å²) in [6.07, 6.45) is 0.756. The van der Waals surface area contributed by atoms with Gasteiger partial charge in [0.15, 0.2) is 5.96 Å². The van der Waals surface area contributed by atoms with Crippen molar-refractivity contribution in [1.29, 1.82) is 0 Å². The molecule has 0 saturated carbocycles. The Morgan fingerprint density at radius 2 is 1.96 bits per heavy atom. The number of hydrogen-bond donors (Lipinski definition) is 3. The lowest BCUT2D eigenvalue weighted by molar-refractivity contribution is 0.223. The van der Waals surface area contributed by atoms with Gasteiger partial charge in [0.1, 0.15) is 23.4 Å². The van der Waals surface area contributed by atoms with E-state index in [1.54, 1.807) is 14.2 Å². The predicted octanol–water partition coefficient (Wildman–Crippen LogP) is 2.75. The van der Waals surface area contributed by atoms with Gasteiger partial charge in [-0.3, -0.25) is 4.99 Å². The monoisotopic (exact) mass is 381 g/mol. The lowest BCUT2D eigenvalue weighted by Gasteiger charge is -2.18.